The molecule has 2 radical (unpaired) electrons. The lowest BCUT2D eigenvalue weighted by molar-refractivity contribution is 0.590. The second kappa shape index (κ2) is 4.96. The molecule has 11 heavy (non-hydrogen) atoms. The van der Waals surface area contributed by atoms with Gasteiger partial charge in [-0.3, -0.25) is 0 Å². The van der Waals surface area contributed by atoms with Crippen LogP contribution >= 0.6 is 0 Å². The van der Waals surface area contributed by atoms with E-state index in [2.05, 4.69) is 6.92 Å². The first-order chi connectivity index (χ1) is 5.43. The Morgan fingerprint density at radius 2 is 2.00 bits per heavy atom. The molecule has 0 amide bonds. The topological polar surface area (TPSA) is 9.23 Å². The molecule has 0 aliphatic carbocycles. The summed E-state index contributed by atoms with van der Waals surface area (Å²) in [6, 6.07) is 11.1. The van der Waals surface area contributed by atoms with Crippen LogP contribution in [0, 0.1) is 0 Å². The van der Waals surface area contributed by atoms with Gasteiger partial charge in [0, 0.05) is 0 Å². The van der Waals surface area contributed by atoms with E-state index in [-0.39, 0.29) is 0 Å². The third-order valence-corrected chi connectivity index (χ3v) is 2.37. The van der Waals surface area contributed by atoms with Crippen LogP contribution in [-0.2, 0) is 0 Å². The van der Waals surface area contributed by atoms with E-state index in [4.69, 9.17) is 4.43 Å². The first kappa shape index (κ1) is 8.33. The van der Waals surface area contributed by atoms with Crippen LogP contribution in [0.5, 0.6) is 5.75 Å². The van der Waals surface area contributed by atoms with Crippen LogP contribution in [0.15, 0.2) is 30.3 Å². The number of hydrogen-bond donors (Lipinski definition) is 0. The third kappa shape index (κ3) is 3.23. The summed E-state index contributed by atoms with van der Waals surface area (Å²) in [5.74, 6) is 0.985. The van der Waals surface area contributed by atoms with Crippen molar-refractivity contribution in [1.82, 2.24) is 0 Å². The molecule has 0 saturated heterocycles. The van der Waals surface area contributed by atoms with Crippen LogP contribution in [0.25, 0.3) is 0 Å². The highest BCUT2D eigenvalue weighted by Gasteiger charge is 1.91. The van der Waals surface area contributed by atoms with Gasteiger partial charge < -0.3 is 4.43 Å². The summed E-state index contributed by atoms with van der Waals surface area (Å²) in [6.07, 6.45) is 1.20. The summed E-state index contributed by atoms with van der Waals surface area (Å²) < 4.78 is 5.47. The second-order valence-electron chi connectivity index (χ2n) is 2.31. The summed E-state index contributed by atoms with van der Waals surface area (Å²) in [5, 5.41) is 0. The molecule has 0 bridgehead atoms. The molecule has 0 fully saturated rings. The lowest BCUT2D eigenvalue weighted by Crippen LogP contribution is -1.99. The van der Waals surface area contributed by atoms with Crippen molar-refractivity contribution in [2.24, 2.45) is 0 Å². The molecule has 1 aromatic carbocycles. The molecule has 0 heterocycles. The van der Waals surface area contributed by atoms with Crippen molar-refractivity contribution in [3.8, 4) is 5.75 Å². The molecule has 0 aliphatic rings. The fourth-order valence-corrected chi connectivity index (χ4v) is 1.33. The largest absolute Gasteiger partial charge is 0.541 e. The smallest absolute Gasteiger partial charge is 0.310 e. The van der Waals surface area contributed by atoms with E-state index in [1.54, 1.807) is 0 Å². The molecule has 0 unspecified atom stereocenters. The molecular weight excluding hydrogens is 152 g/mol. The maximum absolute atomic E-state index is 5.47. The van der Waals surface area contributed by atoms with Gasteiger partial charge in [0.2, 0.25) is 0 Å². The van der Waals surface area contributed by atoms with Crippen LogP contribution in [0.4, 0.5) is 0 Å². The average Bonchev–Trinajstić information content (AvgIpc) is 2.07. The highest BCUT2D eigenvalue weighted by atomic mass is 28.2. The quantitative estimate of drug-likeness (QED) is 0.491. The summed E-state index contributed by atoms with van der Waals surface area (Å²) in [5.41, 5.74) is 0. The van der Waals surface area contributed by atoms with Crippen LogP contribution in [0.3, 0.4) is 0 Å². The van der Waals surface area contributed by atoms with Gasteiger partial charge in [-0.1, -0.05) is 31.5 Å². The van der Waals surface area contributed by atoms with E-state index in [9.17, 15) is 0 Å². The Kier molecular flexibility index (Phi) is 3.76. The Labute approximate surface area is 70.3 Å². The molecule has 0 aromatic heterocycles. The Morgan fingerprint density at radius 1 is 1.27 bits per heavy atom. The molecule has 0 aliphatic heterocycles. The van der Waals surface area contributed by atoms with E-state index in [1.807, 2.05) is 30.3 Å². The van der Waals surface area contributed by atoms with Gasteiger partial charge in [0.1, 0.15) is 5.75 Å². The Balaban J connectivity index is 2.28. The zero-order chi connectivity index (χ0) is 7.94. The summed E-state index contributed by atoms with van der Waals surface area (Å²) in [7, 11) is 0.610. The van der Waals surface area contributed by atoms with Crippen molar-refractivity contribution in [2.45, 2.75) is 19.4 Å². The fraction of sp³-hybridized carbons (Fsp3) is 0.333. The van der Waals surface area contributed by atoms with E-state index in [1.165, 1.54) is 6.42 Å². The van der Waals surface area contributed by atoms with Gasteiger partial charge in [-0.05, 0) is 18.2 Å². The fourth-order valence-electron chi connectivity index (χ4n) is 0.725. The number of hydrogen-bond acceptors (Lipinski definition) is 1. The van der Waals surface area contributed by atoms with E-state index in [0.717, 1.165) is 11.8 Å². The Morgan fingerprint density at radius 3 is 2.64 bits per heavy atom. The lowest BCUT2D eigenvalue weighted by atomic mass is 10.3. The van der Waals surface area contributed by atoms with Crippen LogP contribution in [-0.4, -0.2) is 9.76 Å². The molecular formula is C9H12OSi. The molecule has 58 valence electrons. The standard InChI is InChI=1S/C9H12OSi/c1-2-8-11-10-9-6-4-3-5-7-9/h3-7H,2,8H2,1H3. The highest BCUT2D eigenvalue weighted by Crippen LogP contribution is 2.07. The predicted octanol–water partition coefficient (Wildman–Crippen LogP) is 2.51. The average molecular weight is 164 g/mol. The molecule has 2 heteroatoms. The zero-order valence-corrected chi connectivity index (χ0v) is 7.71. The molecule has 0 atom stereocenters. The summed E-state index contributed by atoms with van der Waals surface area (Å²) in [6.45, 7) is 2.17. The second-order valence-corrected chi connectivity index (χ2v) is 3.30. The third-order valence-electron chi connectivity index (χ3n) is 1.29. The molecule has 1 nitrogen and oxygen atoms in total. The minimum absolute atomic E-state index is 0.610. The maximum atomic E-state index is 5.47. The Hall–Kier alpha value is -0.763. The van der Waals surface area contributed by atoms with Gasteiger partial charge >= 0.3 is 9.76 Å². The monoisotopic (exact) mass is 164 g/mol. The lowest BCUT2D eigenvalue weighted by Gasteiger charge is -2.01. The van der Waals surface area contributed by atoms with Gasteiger partial charge in [0.15, 0.2) is 0 Å². The SMILES string of the molecule is CCC[Si]Oc1ccccc1. The first-order valence-corrected chi connectivity index (χ1v) is 4.99. The molecule has 0 saturated carbocycles. The van der Waals surface area contributed by atoms with Crippen molar-refractivity contribution in [1.29, 1.82) is 0 Å². The highest BCUT2D eigenvalue weighted by molar-refractivity contribution is 6.28. The first-order valence-electron chi connectivity index (χ1n) is 3.88. The summed E-state index contributed by atoms with van der Waals surface area (Å²) >= 11 is 0. The predicted molar refractivity (Wildman–Crippen MR) is 47.9 cm³/mol. The van der Waals surface area contributed by atoms with Crippen LogP contribution in [0.1, 0.15) is 13.3 Å². The van der Waals surface area contributed by atoms with Crippen molar-refractivity contribution < 1.29 is 4.43 Å². The van der Waals surface area contributed by atoms with Gasteiger partial charge in [0.25, 0.3) is 0 Å². The molecule has 1 aromatic rings. The van der Waals surface area contributed by atoms with Crippen LogP contribution in [0.2, 0.25) is 6.04 Å². The van der Waals surface area contributed by atoms with Gasteiger partial charge in [-0.25, -0.2) is 0 Å². The van der Waals surface area contributed by atoms with E-state index < -0.39 is 0 Å². The minimum Gasteiger partial charge on any atom is -0.541 e. The van der Waals surface area contributed by atoms with Crippen molar-refractivity contribution >= 4 is 9.76 Å². The van der Waals surface area contributed by atoms with Gasteiger partial charge in [-0.15, -0.1) is 0 Å². The number of rotatable bonds is 4. The Bertz CT molecular complexity index is 186. The maximum Gasteiger partial charge on any atom is 0.310 e. The minimum atomic E-state index is 0.610. The van der Waals surface area contributed by atoms with Crippen molar-refractivity contribution in [3.05, 3.63) is 30.3 Å². The van der Waals surface area contributed by atoms with E-state index >= 15 is 0 Å². The van der Waals surface area contributed by atoms with Crippen molar-refractivity contribution in [3.63, 3.8) is 0 Å². The van der Waals surface area contributed by atoms with Gasteiger partial charge in [0.05, 0.1) is 0 Å². The zero-order valence-electron chi connectivity index (χ0n) is 6.71. The molecule has 0 N–H and O–H groups in total. The molecule has 1 rings (SSSR count). The molecule has 0 spiro atoms. The van der Waals surface area contributed by atoms with E-state index in [0.29, 0.717) is 9.76 Å². The summed E-state index contributed by atoms with van der Waals surface area (Å²) in [4.78, 5) is 0. The normalized spacial score (nSPS) is 9.55. The van der Waals surface area contributed by atoms with Gasteiger partial charge in [-0.2, -0.15) is 0 Å². The number of para-hydroxylation sites is 1. The number of benzene rings is 1. The van der Waals surface area contributed by atoms with Crippen LogP contribution < -0.4 is 4.43 Å². The van der Waals surface area contributed by atoms with Crippen molar-refractivity contribution in [2.75, 3.05) is 0 Å².